The van der Waals surface area contributed by atoms with Crippen molar-refractivity contribution in [2.45, 2.75) is 13.1 Å². The van der Waals surface area contributed by atoms with Crippen molar-refractivity contribution in [2.75, 3.05) is 12.5 Å². The van der Waals surface area contributed by atoms with Crippen LogP contribution < -0.4 is 20.5 Å². The van der Waals surface area contributed by atoms with Gasteiger partial charge in [0, 0.05) is 18.5 Å². The first-order chi connectivity index (χ1) is 14.7. The van der Waals surface area contributed by atoms with Crippen molar-refractivity contribution in [3.8, 4) is 11.5 Å². The van der Waals surface area contributed by atoms with E-state index in [1.54, 1.807) is 6.08 Å². The van der Waals surface area contributed by atoms with Gasteiger partial charge in [0.05, 0.1) is 10.9 Å². The van der Waals surface area contributed by atoms with Gasteiger partial charge in [0.1, 0.15) is 11.5 Å². The molecule has 0 atom stereocenters. The molecule has 5 rings (SSSR count). The number of carbonyl (C=O) groups excluding carboxylic acids is 1. The summed E-state index contributed by atoms with van der Waals surface area (Å²) in [4.78, 5) is 21.5. The highest BCUT2D eigenvalue weighted by Crippen LogP contribution is 2.33. The molecule has 1 aliphatic rings. The Bertz CT molecular complexity index is 1310. The number of nitrogen functional groups attached to an aromatic ring is 1. The van der Waals surface area contributed by atoms with Crippen LogP contribution in [0.3, 0.4) is 0 Å². The van der Waals surface area contributed by atoms with E-state index in [2.05, 4.69) is 21.9 Å². The molecule has 0 fully saturated rings. The van der Waals surface area contributed by atoms with E-state index >= 15 is 0 Å². The van der Waals surface area contributed by atoms with Crippen LogP contribution in [0.4, 0.5) is 5.82 Å². The molecule has 3 N–H and O–H groups in total. The van der Waals surface area contributed by atoms with Crippen molar-refractivity contribution in [2.24, 2.45) is 0 Å². The van der Waals surface area contributed by atoms with Gasteiger partial charge in [-0.15, -0.1) is 6.58 Å². The Hall–Kier alpha value is -4.07. The van der Waals surface area contributed by atoms with Crippen molar-refractivity contribution < 1.29 is 14.3 Å². The Kier molecular flexibility index (Phi) is 4.24. The topological polar surface area (TPSA) is 104 Å². The average molecular weight is 401 g/mol. The van der Waals surface area contributed by atoms with Gasteiger partial charge in [-0.25, -0.2) is 9.97 Å². The van der Waals surface area contributed by atoms with Crippen molar-refractivity contribution in [3.63, 3.8) is 0 Å². The van der Waals surface area contributed by atoms with Crippen LogP contribution in [0.5, 0.6) is 11.5 Å². The van der Waals surface area contributed by atoms with Gasteiger partial charge in [0.25, 0.3) is 5.91 Å². The number of aromatic nitrogens is 3. The maximum Gasteiger partial charge on any atom is 0.289 e. The zero-order chi connectivity index (χ0) is 20.7. The van der Waals surface area contributed by atoms with E-state index in [9.17, 15) is 4.79 Å². The highest BCUT2D eigenvalue weighted by Gasteiger charge is 2.19. The van der Waals surface area contributed by atoms with Crippen LogP contribution in [0.1, 0.15) is 16.2 Å². The summed E-state index contributed by atoms with van der Waals surface area (Å²) in [7, 11) is 0. The Morgan fingerprint density at radius 3 is 2.90 bits per heavy atom. The van der Waals surface area contributed by atoms with E-state index in [-0.39, 0.29) is 18.4 Å². The van der Waals surface area contributed by atoms with Gasteiger partial charge in [-0.1, -0.05) is 30.3 Å². The number of rotatable bonds is 5. The highest BCUT2D eigenvalue weighted by molar-refractivity contribution is 6.12. The van der Waals surface area contributed by atoms with Gasteiger partial charge < -0.3 is 25.1 Å². The number of benzene rings is 2. The minimum Gasteiger partial charge on any atom is -0.454 e. The summed E-state index contributed by atoms with van der Waals surface area (Å²) in [6.07, 6.45) is 1.78. The van der Waals surface area contributed by atoms with E-state index in [0.29, 0.717) is 30.2 Å². The molecule has 30 heavy (non-hydrogen) atoms. The largest absolute Gasteiger partial charge is 0.454 e. The first-order valence-corrected chi connectivity index (χ1v) is 9.48. The molecule has 8 nitrogen and oxygen atoms in total. The predicted molar refractivity (Wildman–Crippen MR) is 113 cm³/mol. The molecule has 1 amide bonds. The molecular formula is C22H19N5O3. The molecule has 4 aromatic rings. The number of amides is 1. The third kappa shape index (κ3) is 2.89. The number of nitrogens with two attached hydrogens (primary N) is 1. The number of anilines is 1. The van der Waals surface area contributed by atoms with Crippen LogP contribution in [0.25, 0.3) is 21.9 Å². The lowest BCUT2D eigenvalue weighted by Gasteiger charge is -2.08. The number of ether oxygens (including phenoxy) is 2. The number of nitrogens with zero attached hydrogens (tertiary/aromatic N) is 3. The zero-order valence-corrected chi connectivity index (χ0v) is 16.1. The number of fused-ring (bicyclic) bond motifs is 4. The second kappa shape index (κ2) is 7.07. The lowest BCUT2D eigenvalue weighted by Crippen LogP contribution is -2.25. The fourth-order valence-corrected chi connectivity index (χ4v) is 3.68. The van der Waals surface area contributed by atoms with Gasteiger partial charge in [0.15, 0.2) is 11.5 Å². The van der Waals surface area contributed by atoms with E-state index < -0.39 is 5.91 Å². The van der Waals surface area contributed by atoms with Gasteiger partial charge in [0.2, 0.25) is 12.6 Å². The fraction of sp³-hybridized carbons (Fsp3) is 0.136. The SMILES string of the molecule is C=CCn1c2ccccc2c2c(N)nc(C(=O)NCc3ccc4c(c3)OCO4)nc21. The molecule has 0 bridgehead atoms. The molecule has 0 spiro atoms. The molecule has 0 saturated carbocycles. The molecular weight excluding hydrogens is 382 g/mol. The van der Waals surface area contributed by atoms with Crippen LogP contribution >= 0.6 is 0 Å². The Balaban J connectivity index is 1.48. The van der Waals surface area contributed by atoms with E-state index in [1.807, 2.05) is 47.0 Å². The maximum atomic E-state index is 12.8. The summed E-state index contributed by atoms with van der Waals surface area (Å²) in [5.74, 6) is 1.25. The van der Waals surface area contributed by atoms with Gasteiger partial charge in [-0.05, 0) is 23.8 Å². The third-order valence-electron chi connectivity index (χ3n) is 5.04. The summed E-state index contributed by atoms with van der Waals surface area (Å²) >= 11 is 0. The standard InChI is InChI=1S/C22H19N5O3/c1-2-9-27-15-6-4-3-5-14(15)18-19(23)25-20(26-21(18)27)22(28)24-11-13-7-8-16-17(10-13)30-12-29-16/h2-8,10H,1,9,11-12H2,(H,24,28)(H2,23,25,26). The Morgan fingerprint density at radius 2 is 2.03 bits per heavy atom. The van der Waals surface area contributed by atoms with Crippen molar-refractivity contribution in [3.05, 3.63) is 66.5 Å². The second-order valence-corrected chi connectivity index (χ2v) is 6.92. The molecule has 3 heterocycles. The normalized spacial score (nSPS) is 12.4. The van der Waals surface area contributed by atoms with Crippen molar-refractivity contribution in [1.29, 1.82) is 0 Å². The van der Waals surface area contributed by atoms with Gasteiger partial charge in [-0.3, -0.25) is 4.79 Å². The molecule has 2 aromatic heterocycles. The van der Waals surface area contributed by atoms with E-state index in [0.717, 1.165) is 21.9 Å². The van der Waals surface area contributed by atoms with Crippen molar-refractivity contribution >= 4 is 33.7 Å². The maximum absolute atomic E-state index is 12.8. The Morgan fingerprint density at radius 1 is 1.20 bits per heavy atom. The summed E-state index contributed by atoms with van der Waals surface area (Å²) in [6, 6.07) is 13.4. The molecule has 8 heteroatoms. The van der Waals surface area contributed by atoms with Crippen LogP contribution in [-0.4, -0.2) is 27.2 Å². The highest BCUT2D eigenvalue weighted by atomic mass is 16.7. The number of carbonyl (C=O) groups is 1. The summed E-state index contributed by atoms with van der Waals surface area (Å²) in [6.45, 7) is 4.87. The number of hydrogen-bond acceptors (Lipinski definition) is 6. The summed E-state index contributed by atoms with van der Waals surface area (Å²) in [5, 5.41) is 4.52. The Labute approximate surface area is 171 Å². The van der Waals surface area contributed by atoms with E-state index in [1.165, 1.54) is 0 Å². The van der Waals surface area contributed by atoms with E-state index in [4.69, 9.17) is 15.2 Å². The monoisotopic (exact) mass is 401 g/mol. The van der Waals surface area contributed by atoms with Crippen LogP contribution in [-0.2, 0) is 13.1 Å². The number of nitrogens with one attached hydrogen (secondary N) is 1. The lowest BCUT2D eigenvalue weighted by molar-refractivity contribution is 0.0941. The predicted octanol–water partition coefficient (Wildman–Crippen LogP) is 3.01. The lowest BCUT2D eigenvalue weighted by atomic mass is 10.2. The molecule has 0 unspecified atom stereocenters. The van der Waals surface area contributed by atoms with Crippen LogP contribution in [0.15, 0.2) is 55.1 Å². The van der Waals surface area contributed by atoms with Gasteiger partial charge in [-0.2, -0.15) is 0 Å². The van der Waals surface area contributed by atoms with Gasteiger partial charge >= 0.3 is 0 Å². The first kappa shape index (κ1) is 18.0. The molecule has 0 saturated heterocycles. The van der Waals surface area contributed by atoms with Crippen LogP contribution in [0, 0.1) is 0 Å². The smallest absolute Gasteiger partial charge is 0.289 e. The van der Waals surface area contributed by atoms with Crippen molar-refractivity contribution in [1.82, 2.24) is 19.9 Å². The second-order valence-electron chi connectivity index (χ2n) is 6.92. The average Bonchev–Trinajstić information content (AvgIpc) is 3.35. The summed E-state index contributed by atoms with van der Waals surface area (Å²) < 4.78 is 12.7. The summed E-state index contributed by atoms with van der Waals surface area (Å²) in [5.41, 5.74) is 8.69. The number of allylic oxidation sites excluding steroid dienone is 1. The molecule has 2 aromatic carbocycles. The minimum atomic E-state index is -0.406. The fourth-order valence-electron chi connectivity index (χ4n) is 3.68. The molecule has 0 radical (unpaired) electrons. The third-order valence-corrected chi connectivity index (χ3v) is 5.04. The van der Waals surface area contributed by atoms with Crippen LogP contribution in [0.2, 0.25) is 0 Å². The molecule has 150 valence electrons. The number of hydrogen-bond donors (Lipinski definition) is 2. The quantitative estimate of drug-likeness (QED) is 0.498. The molecule has 0 aliphatic carbocycles. The first-order valence-electron chi connectivity index (χ1n) is 9.48. The number of para-hydroxylation sites is 1. The zero-order valence-electron chi connectivity index (χ0n) is 16.1. The minimum absolute atomic E-state index is 0.0221. The molecule has 1 aliphatic heterocycles.